The first-order valence-corrected chi connectivity index (χ1v) is 10.1. The molecule has 10 heteroatoms. The van der Waals surface area contributed by atoms with Crippen molar-refractivity contribution in [1.82, 2.24) is 13.7 Å². The summed E-state index contributed by atoms with van der Waals surface area (Å²) in [4.78, 5) is 43.1. The minimum atomic E-state index is -0.749. The number of para-hydroxylation sites is 1. The molecule has 162 valence electrons. The molecule has 0 amide bonds. The number of rotatable bonds is 3. The van der Waals surface area contributed by atoms with Crippen LogP contribution in [0.15, 0.2) is 67.9 Å². The van der Waals surface area contributed by atoms with E-state index < -0.39 is 22.6 Å². The lowest BCUT2D eigenvalue weighted by Crippen LogP contribution is -2.40. The van der Waals surface area contributed by atoms with E-state index in [9.17, 15) is 19.5 Å². The minimum Gasteiger partial charge on any atom is -0.506 e. The predicted molar refractivity (Wildman–Crippen MR) is 125 cm³/mol. The van der Waals surface area contributed by atoms with Gasteiger partial charge in [0.15, 0.2) is 0 Å². The smallest absolute Gasteiger partial charge is 0.332 e. The Morgan fingerprint density at radius 2 is 1.59 bits per heavy atom. The zero-order valence-electron chi connectivity index (χ0n) is 16.9. The van der Waals surface area contributed by atoms with Crippen LogP contribution in [-0.2, 0) is 14.1 Å². The van der Waals surface area contributed by atoms with E-state index in [2.05, 4.69) is 4.99 Å². The summed E-state index contributed by atoms with van der Waals surface area (Å²) >= 11 is 12.2. The summed E-state index contributed by atoms with van der Waals surface area (Å²) in [5.41, 5.74) is -1.66. The summed E-state index contributed by atoms with van der Waals surface area (Å²) in [7, 11) is 2.71. The Balaban J connectivity index is 2.16. The van der Waals surface area contributed by atoms with E-state index in [1.165, 1.54) is 18.7 Å². The fraction of sp³-hybridized carbons (Fsp3) is 0.0909. The van der Waals surface area contributed by atoms with Crippen LogP contribution in [0.5, 0.6) is 5.75 Å². The van der Waals surface area contributed by atoms with Gasteiger partial charge in [-0.1, -0.05) is 47.5 Å². The number of aromatic nitrogens is 3. The second-order valence-corrected chi connectivity index (χ2v) is 7.76. The molecular weight excluding hydrogens is 455 g/mol. The Kier molecular flexibility index (Phi) is 5.50. The van der Waals surface area contributed by atoms with E-state index in [1.807, 2.05) is 0 Å². The number of aromatic hydroxyl groups is 1. The predicted octanol–water partition coefficient (Wildman–Crippen LogP) is 3.15. The van der Waals surface area contributed by atoms with Crippen molar-refractivity contribution in [2.24, 2.45) is 19.1 Å². The average Bonchev–Trinajstić information content (AvgIpc) is 2.79. The van der Waals surface area contributed by atoms with Crippen molar-refractivity contribution in [3.05, 3.63) is 95.3 Å². The van der Waals surface area contributed by atoms with E-state index in [0.717, 1.165) is 15.3 Å². The van der Waals surface area contributed by atoms with Crippen LogP contribution in [0.2, 0.25) is 10.0 Å². The topological polar surface area (TPSA) is 98.6 Å². The van der Waals surface area contributed by atoms with Gasteiger partial charge in [-0.3, -0.25) is 28.3 Å². The first kappa shape index (κ1) is 21.6. The van der Waals surface area contributed by atoms with Crippen LogP contribution in [0.25, 0.3) is 16.7 Å². The molecule has 32 heavy (non-hydrogen) atoms. The van der Waals surface area contributed by atoms with Crippen molar-refractivity contribution in [3.63, 3.8) is 0 Å². The molecular formula is C22H16Cl2N4O4. The summed E-state index contributed by atoms with van der Waals surface area (Å²) < 4.78 is 3.19. The van der Waals surface area contributed by atoms with Gasteiger partial charge in [-0.15, -0.1) is 0 Å². The van der Waals surface area contributed by atoms with Gasteiger partial charge >= 0.3 is 5.69 Å². The lowest BCUT2D eigenvalue weighted by molar-refractivity contribution is 0.477. The number of pyridine rings is 1. The van der Waals surface area contributed by atoms with E-state index in [1.54, 1.807) is 48.5 Å². The molecule has 0 saturated heterocycles. The van der Waals surface area contributed by atoms with Gasteiger partial charge in [0.25, 0.3) is 11.1 Å². The van der Waals surface area contributed by atoms with Crippen LogP contribution in [0.4, 0.5) is 5.69 Å². The molecule has 0 aliphatic heterocycles. The maximum Gasteiger partial charge on any atom is 0.332 e. The molecule has 0 radical (unpaired) electrons. The maximum absolute atomic E-state index is 13.5. The van der Waals surface area contributed by atoms with Crippen molar-refractivity contribution in [3.8, 4) is 11.4 Å². The number of aliphatic imine (C=N–C) groups is 1. The third kappa shape index (κ3) is 3.34. The summed E-state index contributed by atoms with van der Waals surface area (Å²) in [5.74, 6) is -0.588. The van der Waals surface area contributed by atoms with Crippen molar-refractivity contribution in [2.75, 3.05) is 0 Å². The van der Waals surface area contributed by atoms with Crippen molar-refractivity contribution >= 4 is 46.1 Å². The standard InChI is InChI=1S/C22H16Cl2N4O4/c1-26-19-16(21(31)27(2)22(26)32)18(29)13(11-25-15-10-6-9-14(23)17(15)24)20(30)28(19)12-7-4-3-5-8-12/h3-11,29H,1-2H3. The lowest BCUT2D eigenvalue weighted by atomic mass is 10.1. The molecule has 4 aromatic rings. The van der Waals surface area contributed by atoms with Crippen LogP contribution in [-0.4, -0.2) is 25.0 Å². The van der Waals surface area contributed by atoms with Crippen molar-refractivity contribution < 1.29 is 5.11 Å². The van der Waals surface area contributed by atoms with Gasteiger partial charge in [0.2, 0.25) is 0 Å². The summed E-state index contributed by atoms with van der Waals surface area (Å²) in [6, 6.07) is 13.3. The largest absolute Gasteiger partial charge is 0.506 e. The molecule has 0 atom stereocenters. The first-order valence-electron chi connectivity index (χ1n) is 9.35. The van der Waals surface area contributed by atoms with Crippen molar-refractivity contribution in [2.45, 2.75) is 0 Å². The van der Waals surface area contributed by atoms with Crippen LogP contribution in [0.1, 0.15) is 5.56 Å². The van der Waals surface area contributed by atoms with Crippen LogP contribution in [0.3, 0.4) is 0 Å². The Labute approximate surface area is 190 Å². The zero-order chi connectivity index (χ0) is 23.2. The second-order valence-electron chi connectivity index (χ2n) is 6.97. The van der Waals surface area contributed by atoms with Gasteiger partial charge < -0.3 is 5.11 Å². The highest BCUT2D eigenvalue weighted by molar-refractivity contribution is 6.43. The fourth-order valence-electron chi connectivity index (χ4n) is 3.41. The number of hydrogen-bond acceptors (Lipinski definition) is 5. The Bertz CT molecular complexity index is 1580. The quantitative estimate of drug-likeness (QED) is 0.464. The highest BCUT2D eigenvalue weighted by atomic mass is 35.5. The molecule has 1 N–H and O–H groups in total. The molecule has 0 bridgehead atoms. The molecule has 8 nitrogen and oxygen atoms in total. The van der Waals surface area contributed by atoms with E-state index >= 15 is 0 Å². The van der Waals surface area contributed by atoms with Gasteiger partial charge in [-0.2, -0.15) is 0 Å². The van der Waals surface area contributed by atoms with Crippen LogP contribution < -0.4 is 16.8 Å². The molecule has 2 aromatic carbocycles. The molecule has 4 rings (SSSR count). The summed E-state index contributed by atoms with van der Waals surface area (Å²) in [6.07, 6.45) is 1.12. The molecule has 0 spiro atoms. The monoisotopic (exact) mass is 470 g/mol. The minimum absolute atomic E-state index is 0.0373. The number of nitrogens with zero attached hydrogens (tertiary/aromatic N) is 4. The zero-order valence-corrected chi connectivity index (χ0v) is 18.4. The summed E-state index contributed by atoms with van der Waals surface area (Å²) in [6.45, 7) is 0. The highest BCUT2D eigenvalue weighted by Crippen LogP contribution is 2.32. The van der Waals surface area contributed by atoms with Crippen molar-refractivity contribution in [1.29, 1.82) is 0 Å². The van der Waals surface area contributed by atoms with Gasteiger partial charge in [-0.25, -0.2) is 4.79 Å². The van der Waals surface area contributed by atoms with Crippen LogP contribution in [0, 0.1) is 0 Å². The maximum atomic E-state index is 13.5. The highest BCUT2D eigenvalue weighted by Gasteiger charge is 2.23. The second kappa shape index (κ2) is 8.14. The number of benzene rings is 2. The molecule has 0 saturated carbocycles. The number of aryl methyl sites for hydroxylation is 1. The van der Waals surface area contributed by atoms with Gasteiger partial charge in [0.05, 0.1) is 21.4 Å². The lowest BCUT2D eigenvalue weighted by Gasteiger charge is -2.16. The van der Waals surface area contributed by atoms with E-state index in [-0.39, 0.29) is 32.3 Å². The molecule has 2 aromatic heterocycles. The number of halogens is 2. The third-order valence-corrected chi connectivity index (χ3v) is 5.86. The Morgan fingerprint density at radius 1 is 0.906 bits per heavy atom. The van der Waals surface area contributed by atoms with Crippen LogP contribution >= 0.6 is 23.2 Å². The van der Waals surface area contributed by atoms with E-state index in [4.69, 9.17) is 23.2 Å². The normalized spacial score (nSPS) is 11.5. The molecule has 2 heterocycles. The SMILES string of the molecule is Cn1c(=O)c2c(O)c(C=Nc3cccc(Cl)c3Cl)c(=O)n(-c3ccccc3)c2n(C)c1=O. The van der Waals surface area contributed by atoms with Gasteiger partial charge in [0, 0.05) is 20.3 Å². The Morgan fingerprint density at radius 3 is 2.28 bits per heavy atom. The average molecular weight is 471 g/mol. The first-order chi connectivity index (χ1) is 15.2. The molecule has 0 aliphatic carbocycles. The van der Waals surface area contributed by atoms with E-state index in [0.29, 0.717) is 5.69 Å². The number of fused-ring (bicyclic) bond motifs is 1. The number of hydrogen-bond donors (Lipinski definition) is 1. The molecule has 0 fully saturated rings. The Hall–Kier alpha value is -3.62. The fourth-order valence-corrected chi connectivity index (χ4v) is 3.76. The third-order valence-electron chi connectivity index (χ3n) is 5.05. The molecule has 0 aliphatic rings. The van der Waals surface area contributed by atoms with Gasteiger partial charge in [-0.05, 0) is 24.3 Å². The molecule has 0 unspecified atom stereocenters. The van der Waals surface area contributed by atoms with Gasteiger partial charge in [0.1, 0.15) is 22.3 Å². The summed E-state index contributed by atoms with van der Waals surface area (Å²) in [5, 5.41) is 11.2.